The van der Waals surface area contributed by atoms with Gasteiger partial charge < -0.3 is 10.1 Å². The summed E-state index contributed by atoms with van der Waals surface area (Å²) in [7, 11) is 0. The maximum Gasteiger partial charge on any atom is 0.311 e. The SMILES string of the molecule is CCOC(=O)Cc1csc(NCc2cccc(F)c2)n1. The quantitative estimate of drug-likeness (QED) is 0.832. The predicted octanol–water partition coefficient (Wildman–Crippen LogP) is 3.00. The molecule has 2 rings (SSSR count). The molecule has 0 atom stereocenters. The van der Waals surface area contributed by atoms with Crippen molar-refractivity contribution in [1.82, 2.24) is 4.98 Å². The number of nitrogens with one attached hydrogen (secondary N) is 1. The van der Waals surface area contributed by atoms with Crippen molar-refractivity contribution >= 4 is 22.4 Å². The molecule has 0 aliphatic heterocycles. The second-order valence-electron chi connectivity index (χ2n) is 4.11. The number of nitrogens with zero attached hydrogens (tertiary/aromatic N) is 1. The van der Waals surface area contributed by atoms with Crippen molar-refractivity contribution < 1.29 is 13.9 Å². The summed E-state index contributed by atoms with van der Waals surface area (Å²) in [5.41, 5.74) is 1.52. The highest BCUT2D eigenvalue weighted by Crippen LogP contribution is 2.17. The van der Waals surface area contributed by atoms with Crippen molar-refractivity contribution in [2.75, 3.05) is 11.9 Å². The highest BCUT2D eigenvalue weighted by atomic mass is 32.1. The van der Waals surface area contributed by atoms with Crippen LogP contribution in [0.5, 0.6) is 0 Å². The fourth-order valence-corrected chi connectivity index (χ4v) is 2.36. The number of hydrogen-bond donors (Lipinski definition) is 1. The van der Waals surface area contributed by atoms with E-state index in [9.17, 15) is 9.18 Å². The fourth-order valence-electron chi connectivity index (χ4n) is 1.65. The smallest absolute Gasteiger partial charge is 0.311 e. The number of thiazole rings is 1. The van der Waals surface area contributed by atoms with Crippen molar-refractivity contribution in [3.8, 4) is 0 Å². The van der Waals surface area contributed by atoms with Gasteiger partial charge in [0.15, 0.2) is 5.13 Å². The number of aromatic nitrogens is 1. The van der Waals surface area contributed by atoms with E-state index in [4.69, 9.17) is 4.74 Å². The molecule has 20 heavy (non-hydrogen) atoms. The topological polar surface area (TPSA) is 51.2 Å². The molecule has 0 amide bonds. The molecular formula is C14H15FN2O2S. The van der Waals surface area contributed by atoms with Gasteiger partial charge in [-0.25, -0.2) is 9.37 Å². The van der Waals surface area contributed by atoms with Crippen molar-refractivity contribution in [2.45, 2.75) is 19.9 Å². The van der Waals surface area contributed by atoms with Gasteiger partial charge in [-0.3, -0.25) is 4.79 Å². The number of carbonyl (C=O) groups excluding carboxylic acids is 1. The van der Waals surface area contributed by atoms with Crippen LogP contribution in [0.1, 0.15) is 18.2 Å². The van der Waals surface area contributed by atoms with Gasteiger partial charge in [-0.1, -0.05) is 12.1 Å². The Labute approximate surface area is 120 Å². The van der Waals surface area contributed by atoms with Gasteiger partial charge in [-0.05, 0) is 24.6 Å². The van der Waals surface area contributed by atoms with Gasteiger partial charge in [0.2, 0.25) is 0 Å². The standard InChI is InChI=1S/C14H15FN2O2S/c1-2-19-13(18)7-12-9-20-14(17-12)16-8-10-4-3-5-11(15)6-10/h3-6,9H,2,7-8H2,1H3,(H,16,17). The summed E-state index contributed by atoms with van der Waals surface area (Å²) in [6.07, 6.45) is 0.173. The molecule has 4 nitrogen and oxygen atoms in total. The second-order valence-corrected chi connectivity index (χ2v) is 4.97. The average molecular weight is 294 g/mol. The van der Waals surface area contributed by atoms with E-state index in [-0.39, 0.29) is 18.2 Å². The Morgan fingerprint density at radius 3 is 3.10 bits per heavy atom. The first kappa shape index (κ1) is 14.5. The van der Waals surface area contributed by atoms with Crippen LogP contribution < -0.4 is 5.32 Å². The normalized spacial score (nSPS) is 10.3. The highest BCUT2D eigenvalue weighted by Gasteiger charge is 2.08. The zero-order chi connectivity index (χ0) is 14.4. The van der Waals surface area contributed by atoms with Crippen molar-refractivity contribution in [3.63, 3.8) is 0 Å². The summed E-state index contributed by atoms with van der Waals surface area (Å²) in [4.78, 5) is 15.6. The molecule has 0 aliphatic carbocycles. The molecule has 1 heterocycles. The zero-order valence-corrected chi connectivity index (χ0v) is 11.9. The third-order valence-electron chi connectivity index (χ3n) is 2.52. The Morgan fingerprint density at radius 2 is 2.35 bits per heavy atom. The summed E-state index contributed by atoms with van der Waals surface area (Å²) in [5, 5.41) is 5.62. The van der Waals surface area contributed by atoms with Crippen LogP contribution in [0.2, 0.25) is 0 Å². The zero-order valence-electron chi connectivity index (χ0n) is 11.1. The van der Waals surface area contributed by atoms with Crippen LogP contribution in [0.15, 0.2) is 29.6 Å². The molecule has 1 N–H and O–H groups in total. The first-order valence-corrected chi connectivity index (χ1v) is 7.13. The second kappa shape index (κ2) is 7.00. The van der Waals surface area contributed by atoms with Crippen LogP contribution in [-0.4, -0.2) is 17.6 Å². The van der Waals surface area contributed by atoms with E-state index in [2.05, 4.69) is 10.3 Å². The number of benzene rings is 1. The van der Waals surface area contributed by atoms with E-state index in [1.165, 1.54) is 23.5 Å². The van der Waals surface area contributed by atoms with Crippen molar-refractivity contribution in [3.05, 3.63) is 46.7 Å². The van der Waals surface area contributed by atoms with Crippen molar-refractivity contribution in [1.29, 1.82) is 0 Å². The van der Waals surface area contributed by atoms with Crippen LogP contribution in [0.4, 0.5) is 9.52 Å². The monoisotopic (exact) mass is 294 g/mol. The summed E-state index contributed by atoms with van der Waals surface area (Å²) in [6.45, 7) is 2.63. The van der Waals surface area contributed by atoms with Crippen LogP contribution in [-0.2, 0) is 22.5 Å². The molecule has 0 aliphatic rings. The number of ether oxygens (including phenoxy) is 1. The third-order valence-corrected chi connectivity index (χ3v) is 3.36. The molecule has 6 heteroatoms. The molecule has 0 unspecified atom stereocenters. The van der Waals surface area contributed by atoms with Gasteiger partial charge in [-0.2, -0.15) is 0 Å². The minimum Gasteiger partial charge on any atom is -0.466 e. The summed E-state index contributed by atoms with van der Waals surface area (Å²) < 4.78 is 17.9. The summed E-state index contributed by atoms with van der Waals surface area (Å²) >= 11 is 1.41. The number of esters is 1. The largest absolute Gasteiger partial charge is 0.466 e. The summed E-state index contributed by atoms with van der Waals surface area (Å²) in [5.74, 6) is -0.541. The van der Waals surface area contributed by atoms with Gasteiger partial charge in [0, 0.05) is 11.9 Å². The van der Waals surface area contributed by atoms with Gasteiger partial charge >= 0.3 is 5.97 Å². The van der Waals surface area contributed by atoms with E-state index in [0.717, 1.165) is 5.56 Å². The number of halogens is 1. The molecule has 106 valence electrons. The Kier molecular flexibility index (Phi) is 5.06. The van der Waals surface area contributed by atoms with Gasteiger partial charge in [0.1, 0.15) is 5.82 Å². The van der Waals surface area contributed by atoms with E-state index in [0.29, 0.717) is 24.0 Å². The van der Waals surface area contributed by atoms with Crippen LogP contribution in [0.3, 0.4) is 0 Å². The first-order chi connectivity index (χ1) is 9.67. The first-order valence-electron chi connectivity index (χ1n) is 6.25. The molecule has 0 fully saturated rings. The molecular weight excluding hydrogens is 279 g/mol. The maximum absolute atomic E-state index is 13.0. The minimum atomic E-state index is -0.283. The fraction of sp³-hybridized carbons (Fsp3) is 0.286. The van der Waals surface area contributed by atoms with Crippen LogP contribution >= 0.6 is 11.3 Å². The minimum absolute atomic E-state index is 0.173. The molecule has 0 spiro atoms. The van der Waals surface area contributed by atoms with Gasteiger partial charge in [-0.15, -0.1) is 11.3 Å². The Bertz CT molecular complexity index is 586. The summed E-state index contributed by atoms with van der Waals surface area (Å²) in [6, 6.07) is 6.38. The predicted molar refractivity (Wildman–Crippen MR) is 76.2 cm³/mol. The third kappa shape index (κ3) is 4.31. The lowest BCUT2D eigenvalue weighted by atomic mass is 10.2. The molecule has 0 radical (unpaired) electrons. The lowest BCUT2D eigenvalue weighted by Gasteiger charge is -2.02. The number of anilines is 1. The Morgan fingerprint density at radius 1 is 1.50 bits per heavy atom. The van der Waals surface area contributed by atoms with Crippen LogP contribution in [0.25, 0.3) is 0 Å². The molecule has 0 saturated carbocycles. The lowest BCUT2D eigenvalue weighted by Crippen LogP contribution is -2.07. The van der Waals surface area contributed by atoms with E-state index in [1.807, 2.05) is 11.4 Å². The average Bonchev–Trinajstić information content (AvgIpc) is 2.84. The maximum atomic E-state index is 13.0. The van der Waals surface area contributed by atoms with Gasteiger partial charge in [0.25, 0.3) is 0 Å². The number of hydrogen-bond acceptors (Lipinski definition) is 5. The Hall–Kier alpha value is -1.95. The molecule has 0 saturated heterocycles. The molecule has 1 aromatic heterocycles. The molecule has 0 bridgehead atoms. The number of rotatable bonds is 6. The number of carbonyl (C=O) groups is 1. The molecule has 2 aromatic rings. The van der Waals surface area contributed by atoms with Gasteiger partial charge in [0.05, 0.1) is 18.7 Å². The highest BCUT2D eigenvalue weighted by molar-refractivity contribution is 7.13. The molecule has 1 aromatic carbocycles. The van der Waals surface area contributed by atoms with Crippen LogP contribution in [0, 0.1) is 5.82 Å². The van der Waals surface area contributed by atoms with Crippen molar-refractivity contribution in [2.24, 2.45) is 0 Å². The van der Waals surface area contributed by atoms with E-state index in [1.54, 1.807) is 13.0 Å². The van der Waals surface area contributed by atoms with E-state index >= 15 is 0 Å². The van der Waals surface area contributed by atoms with E-state index < -0.39 is 0 Å². The Balaban J connectivity index is 1.88. The lowest BCUT2D eigenvalue weighted by molar-refractivity contribution is -0.142.